The summed E-state index contributed by atoms with van der Waals surface area (Å²) in [6.45, 7) is 3.85. The van der Waals surface area contributed by atoms with Gasteiger partial charge >= 0.3 is 0 Å². The molecule has 1 unspecified atom stereocenters. The zero-order chi connectivity index (χ0) is 10.1. The van der Waals surface area contributed by atoms with E-state index in [9.17, 15) is 5.11 Å². The number of thiazole rings is 2. The molecule has 0 aliphatic carbocycles. The number of rotatable bonds is 2. The summed E-state index contributed by atoms with van der Waals surface area (Å²) in [6, 6.07) is 0. The summed E-state index contributed by atoms with van der Waals surface area (Å²) >= 11 is 3.01. The maximum Gasteiger partial charge on any atom is 0.133 e. The number of aromatic nitrogens is 2. The van der Waals surface area contributed by atoms with E-state index in [2.05, 4.69) is 9.97 Å². The van der Waals surface area contributed by atoms with Gasteiger partial charge in [0.2, 0.25) is 0 Å². The molecule has 0 saturated heterocycles. The molecule has 5 heteroatoms. The highest BCUT2D eigenvalue weighted by atomic mass is 32.1. The van der Waals surface area contributed by atoms with Crippen LogP contribution in [0.4, 0.5) is 0 Å². The Kier molecular flexibility index (Phi) is 2.62. The van der Waals surface area contributed by atoms with Crippen molar-refractivity contribution in [2.45, 2.75) is 20.0 Å². The van der Waals surface area contributed by atoms with Gasteiger partial charge in [-0.05, 0) is 13.8 Å². The molecule has 2 aromatic heterocycles. The molecule has 0 aliphatic heterocycles. The summed E-state index contributed by atoms with van der Waals surface area (Å²) < 4.78 is 0. The molecule has 1 N–H and O–H groups in total. The van der Waals surface area contributed by atoms with Crippen LogP contribution in [0.3, 0.4) is 0 Å². The highest BCUT2D eigenvalue weighted by molar-refractivity contribution is 7.11. The fourth-order valence-electron chi connectivity index (χ4n) is 1.29. The van der Waals surface area contributed by atoms with E-state index in [1.807, 2.05) is 19.2 Å². The first-order valence-electron chi connectivity index (χ1n) is 4.18. The van der Waals surface area contributed by atoms with E-state index in [0.29, 0.717) is 5.69 Å². The van der Waals surface area contributed by atoms with Crippen molar-refractivity contribution in [1.82, 2.24) is 9.97 Å². The minimum absolute atomic E-state index is 0.618. The number of aliphatic hydroxyl groups excluding tert-OH is 1. The first-order chi connectivity index (χ1) is 6.68. The molecule has 0 radical (unpaired) electrons. The van der Waals surface area contributed by atoms with Gasteiger partial charge in [0, 0.05) is 5.38 Å². The van der Waals surface area contributed by atoms with Crippen LogP contribution in [-0.4, -0.2) is 15.1 Å². The minimum Gasteiger partial charge on any atom is -0.381 e. The van der Waals surface area contributed by atoms with Gasteiger partial charge in [-0.1, -0.05) is 0 Å². The summed E-state index contributed by atoms with van der Waals surface area (Å²) in [5.74, 6) is 0. The van der Waals surface area contributed by atoms with Crippen molar-refractivity contribution in [2.24, 2.45) is 0 Å². The standard InChI is InChI=1S/C9H10N2OS2/c1-5-9(14-6(2)11-5)8(12)7-3-13-4-10-7/h3-4,8,12H,1-2H3. The Labute approximate surface area is 90.1 Å². The quantitative estimate of drug-likeness (QED) is 0.854. The van der Waals surface area contributed by atoms with E-state index in [0.717, 1.165) is 15.6 Å². The summed E-state index contributed by atoms with van der Waals surface area (Å²) in [4.78, 5) is 9.26. The van der Waals surface area contributed by atoms with Crippen LogP contribution in [0.2, 0.25) is 0 Å². The monoisotopic (exact) mass is 226 g/mol. The fraction of sp³-hybridized carbons (Fsp3) is 0.333. The van der Waals surface area contributed by atoms with Gasteiger partial charge in [-0.2, -0.15) is 0 Å². The van der Waals surface area contributed by atoms with Crippen LogP contribution in [0.15, 0.2) is 10.9 Å². The molecule has 0 aromatic carbocycles. The molecule has 0 aliphatic rings. The molecule has 1 atom stereocenters. The second-order valence-corrected chi connectivity index (χ2v) is 4.95. The molecule has 3 nitrogen and oxygen atoms in total. The van der Waals surface area contributed by atoms with Gasteiger partial charge in [0.05, 0.1) is 26.8 Å². The van der Waals surface area contributed by atoms with Gasteiger partial charge < -0.3 is 5.11 Å². The Hall–Kier alpha value is -0.780. The second-order valence-electron chi connectivity index (χ2n) is 3.00. The zero-order valence-electron chi connectivity index (χ0n) is 7.89. The predicted octanol–water partition coefficient (Wildman–Crippen LogP) is 2.30. The van der Waals surface area contributed by atoms with E-state index in [1.165, 1.54) is 22.7 Å². The zero-order valence-corrected chi connectivity index (χ0v) is 9.52. The van der Waals surface area contributed by atoms with Crippen molar-refractivity contribution < 1.29 is 5.11 Å². The van der Waals surface area contributed by atoms with E-state index in [4.69, 9.17) is 0 Å². The average Bonchev–Trinajstić information content (AvgIpc) is 2.73. The van der Waals surface area contributed by atoms with Crippen LogP contribution in [0, 0.1) is 13.8 Å². The van der Waals surface area contributed by atoms with E-state index >= 15 is 0 Å². The normalized spacial score (nSPS) is 13.1. The van der Waals surface area contributed by atoms with Gasteiger partial charge in [0.15, 0.2) is 0 Å². The summed E-state index contributed by atoms with van der Waals surface area (Å²) in [5.41, 5.74) is 3.33. The SMILES string of the molecule is Cc1nc(C)c(C(O)c2cscn2)s1. The Morgan fingerprint density at radius 1 is 1.43 bits per heavy atom. The molecule has 0 amide bonds. The van der Waals surface area contributed by atoms with Crippen LogP contribution in [0.25, 0.3) is 0 Å². The van der Waals surface area contributed by atoms with Crippen LogP contribution >= 0.6 is 22.7 Å². The Bertz CT molecular complexity index is 422. The van der Waals surface area contributed by atoms with Gasteiger partial charge in [-0.25, -0.2) is 9.97 Å². The average molecular weight is 226 g/mol. The minimum atomic E-state index is -0.618. The fourth-order valence-corrected chi connectivity index (χ4v) is 2.79. The molecule has 2 rings (SSSR count). The lowest BCUT2D eigenvalue weighted by molar-refractivity contribution is 0.219. The first-order valence-corrected chi connectivity index (χ1v) is 5.94. The lowest BCUT2D eigenvalue weighted by atomic mass is 10.2. The molecular formula is C9H10N2OS2. The third-order valence-electron chi connectivity index (χ3n) is 1.92. The third kappa shape index (κ3) is 1.70. The highest BCUT2D eigenvalue weighted by Crippen LogP contribution is 2.29. The van der Waals surface area contributed by atoms with Crippen LogP contribution in [-0.2, 0) is 0 Å². The third-order valence-corrected chi connectivity index (χ3v) is 3.65. The first kappa shape index (κ1) is 9.76. The van der Waals surface area contributed by atoms with Gasteiger partial charge in [-0.3, -0.25) is 0 Å². The van der Waals surface area contributed by atoms with Crippen molar-refractivity contribution >= 4 is 22.7 Å². The summed E-state index contributed by atoms with van der Waals surface area (Å²) in [5, 5.41) is 12.8. The Morgan fingerprint density at radius 2 is 2.21 bits per heavy atom. The van der Waals surface area contributed by atoms with Crippen molar-refractivity contribution in [3.63, 3.8) is 0 Å². The van der Waals surface area contributed by atoms with Crippen molar-refractivity contribution in [1.29, 1.82) is 0 Å². The number of hydrogen-bond acceptors (Lipinski definition) is 5. The smallest absolute Gasteiger partial charge is 0.133 e. The highest BCUT2D eigenvalue weighted by Gasteiger charge is 2.17. The van der Waals surface area contributed by atoms with Crippen molar-refractivity contribution in [3.8, 4) is 0 Å². The molecule has 2 aromatic rings. The van der Waals surface area contributed by atoms with Crippen molar-refractivity contribution in [2.75, 3.05) is 0 Å². The molecule has 0 bridgehead atoms. The van der Waals surface area contributed by atoms with Gasteiger partial charge in [0.25, 0.3) is 0 Å². The lowest BCUT2D eigenvalue weighted by Crippen LogP contribution is -1.98. The van der Waals surface area contributed by atoms with E-state index in [1.54, 1.807) is 5.51 Å². The molecule has 0 fully saturated rings. The molecule has 14 heavy (non-hydrogen) atoms. The number of nitrogens with zero attached hydrogens (tertiary/aromatic N) is 2. The Balaban J connectivity index is 2.36. The number of aryl methyl sites for hydroxylation is 2. The maximum absolute atomic E-state index is 9.99. The molecule has 2 heterocycles. The molecule has 0 spiro atoms. The number of aliphatic hydroxyl groups is 1. The summed E-state index contributed by atoms with van der Waals surface area (Å²) in [7, 11) is 0. The van der Waals surface area contributed by atoms with Crippen LogP contribution in [0.1, 0.15) is 27.4 Å². The Morgan fingerprint density at radius 3 is 2.71 bits per heavy atom. The lowest BCUT2D eigenvalue weighted by Gasteiger charge is -2.04. The van der Waals surface area contributed by atoms with E-state index < -0.39 is 6.10 Å². The van der Waals surface area contributed by atoms with Crippen LogP contribution < -0.4 is 0 Å². The second kappa shape index (κ2) is 3.76. The topological polar surface area (TPSA) is 46.0 Å². The number of hydrogen-bond donors (Lipinski definition) is 1. The molecule has 74 valence electrons. The van der Waals surface area contributed by atoms with Gasteiger partial charge in [0.1, 0.15) is 6.10 Å². The predicted molar refractivity (Wildman–Crippen MR) is 57.8 cm³/mol. The molecular weight excluding hydrogens is 216 g/mol. The maximum atomic E-state index is 9.99. The largest absolute Gasteiger partial charge is 0.381 e. The van der Waals surface area contributed by atoms with Crippen LogP contribution in [0.5, 0.6) is 0 Å². The van der Waals surface area contributed by atoms with Crippen molar-refractivity contribution in [3.05, 3.63) is 32.2 Å². The van der Waals surface area contributed by atoms with E-state index in [-0.39, 0.29) is 0 Å². The summed E-state index contributed by atoms with van der Waals surface area (Å²) in [6.07, 6.45) is -0.618. The van der Waals surface area contributed by atoms with Gasteiger partial charge in [-0.15, -0.1) is 22.7 Å². The molecule has 0 saturated carbocycles.